The van der Waals surface area contributed by atoms with Crippen LogP contribution in [0.15, 0.2) is 51.9 Å². The van der Waals surface area contributed by atoms with E-state index in [1.807, 2.05) is 12.1 Å². The molecule has 0 unspecified atom stereocenters. The number of amidine groups is 1. The number of para-hydroxylation sites is 2. The molecule has 22 heavy (non-hydrogen) atoms. The molecular weight excluding hydrogens is 340 g/mol. The highest BCUT2D eigenvalue weighted by Crippen LogP contribution is 2.37. The second-order valence-corrected chi connectivity index (χ2v) is 6.33. The van der Waals surface area contributed by atoms with Gasteiger partial charge in [0.25, 0.3) is 0 Å². The van der Waals surface area contributed by atoms with Gasteiger partial charge in [0.05, 0.1) is 22.6 Å². The lowest BCUT2D eigenvalue weighted by Crippen LogP contribution is -2.46. The molecule has 112 valence electrons. The van der Waals surface area contributed by atoms with Crippen molar-refractivity contribution in [2.24, 2.45) is 4.99 Å². The molecular formula is C17H17BrN4. The number of hydrogen-bond donors (Lipinski definition) is 2. The summed E-state index contributed by atoms with van der Waals surface area (Å²) >= 11 is 3.71. The van der Waals surface area contributed by atoms with Crippen molar-refractivity contribution >= 4 is 38.8 Å². The van der Waals surface area contributed by atoms with Gasteiger partial charge in [-0.3, -0.25) is 0 Å². The van der Waals surface area contributed by atoms with E-state index >= 15 is 0 Å². The van der Waals surface area contributed by atoms with Gasteiger partial charge in [-0.1, -0.05) is 18.2 Å². The van der Waals surface area contributed by atoms with E-state index in [4.69, 9.17) is 4.99 Å². The van der Waals surface area contributed by atoms with E-state index in [0.717, 1.165) is 59.1 Å². The second kappa shape index (κ2) is 5.74. The van der Waals surface area contributed by atoms with Crippen LogP contribution in [-0.2, 0) is 0 Å². The van der Waals surface area contributed by atoms with Crippen molar-refractivity contribution in [2.45, 2.75) is 0 Å². The first-order valence-electron chi connectivity index (χ1n) is 7.52. The number of piperazine rings is 1. The molecule has 0 atom stereocenters. The summed E-state index contributed by atoms with van der Waals surface area (Å²) in [5.74, 6) is 1.04. The van der Waals surface area contributed by atoms with E-state index in [1.54, 1.807) is 0 Å². The molecule has 2 N–H and O–H groups in total. The molecule has 0 spiro atoms. The summed E-state index contributed by atoms with van der Waals surface area (Å²) in [4.78, 5) is 7.35. The van der Waals surface area contributed by atoms with Crippen molar-refractivity contribution in [3.63, 3.8) is 0 Å². The maximum absolute atomic E-state index is 4.99. The third-order valence-corrected chi connectivity index (χ3v) is 4.71. The molecule has 2 aromatic carbocycles. The summed E-state index contributed by atoms with van der Waals surface area (Å²) in [5, 5.41) is 6.93. The number of benzene rings is 2. The fourth-order valence-electron chi connectivity index (χ4n) is 2.95. The van der Waals surface area contributed by atoms with Gasteiger partial charge in [-0.15, -0.1) is 0 Å². The maximum Gasteiger partial charge on any atom is 0.139 e. The van der Waals surface area contributed by atoms with E-state index in [2.05, 4.69) is 61.8 Å². The van der Waals surface area contributed by atoms with E-state index in [-0.39, 0.29) is 0 Å². The Hall–Kier alpha value is -1.85. The van der Waals surface area contributed by atoms with Crippen LogP contribution in [-0.4, -0.2) is 36.9 Å². The molecule has 2 aliphatic heterocycles. The molecule has 1 saturated heterocycles. The fraction of sp³-hybridized carbons (Fsp3) is 0.235. The first-order chi connectivity index (χ1) is 10.8. The maximum atomic E-state index is 4.99. The molecule has 4 rings (SSSR count). The van der Waals surface area contributed by atoms with Gasteiger partial charge in [0.1, 0.15) is 5.84 Å². The SMILES string of the molecule is Brc1cccc2c1C(N1CCNCC1)=Nc1ccccc1N2. The molecule has 2 aliphatic rings. The number of nitrogens with zero attached hydrogens (tertiary/aromatic N) is 2. The van der Waals surface area contributed by atoms with Crippen molar-refractivity contribution in [2.75, 3.05) is 31.5 Å². The van der Waals surface area contributed by atoms with Crippen molar-refractivity contribution in [3.8, 4) is 0 Å². The van der Waals surface area contributed by atoms with E-state index in [0.29, 0.717) is 0 Å². The van der Waals surface area contributed by atoms with E-state index in [1.165, 1.54) is 0 Å². The zero-order valence-corrected chi connectivity index (χ0v) is 13.7. The molecule has 4 nitrogen and oxygen atoms in total. The quantitative estimate of drug-likeness (QED) is 0.758. The molecule has 1 fully saturated rings. The molecule has 5 heteroatoms. The van der Waals surface area contributed by atoms with Gasteiger partial charge in [0, 0.05) is 30.7 Å². The average Bonchev–Trinajstić information content (AvgIpc) is 2.73. The Morgan fingerprint density at radius 3 is 2.59 bits per heavy atom. The number of rotatable bonds is 0. The minimum absolute atomic E-state index is 0.974. The summed E-state index contributed by atoms with van der Waals surface area (Å²) in [7, 11) is 0. The average molecular weight is 357 g/mol. The van der Waals surface area contributed by atoms with Crippen LogP contribution in [0, 0.1) is 0 Å². The van der Waals surface area contributed by atoms with E-state index in [9.17, 15) is 0 Å². The van der Waals surface area contributed by atoms with Crippen LogP contribution >= 0.6 is 15.9 Å². The van der Waals surface area contributed by atoms with Crippen LogP contribution in [0.2, 0.25) is 0 Å². The third-order valence-electron chi connectivity index (χ3n) is 4.05. The number of nitrogens with one attached hydrogen (secondary N) is 2. The zero-order valence-electron chi connectivity index (χ0n) is 12.1. The molecule has 0 radical (unpaired) electrons. The van der Waals surface area contributed by atoms with Crippen LogP contribution in [0.1, 0.15) is 5.56 Å². The predicted octanol–water partition coefficient (Wildman–Crippen LogP) is 3.49. The standard InChI is InChI=1S/C17H17BrN4/c18-12-4-3-7-15-16(12)17(22-10-8-19-9-11-22)21-14-6-2-1-5-13(14)20-15/h1-7,19-20H,8-11H2. The molecule has 0 amide bonds. The number of hydrogen-bond acceptors (Lipinski definition) is 4. The van der Waals surface area contributed by atoms with Crippen molar-refractivity contribution in [3.05, 3.63) is 52.5 Å². The Bertz CT molecular complexity index is 735. The Kier molecular flexibility index (Phi) is 3.60. The normalized spacial score (nSPS) is 17.0. The van der Waals surface area contributed by atoms with Gasteiger partial charge in [0.2, 0.25) is 0 Å². The summed E-state index contributed by atoms with van der Waals surface area (Å²) < 4.78 is 1.07. The first kappa shape index (κ1) is 13.8. The lowest BCUT2D eigenvalue weighted by atomic mass is 10.1. The monoisotopic (exact) mass is 356 g/mol. The lowest BCUT2D eigenvalue weighted by molar-refractivity contribution is 0.358. The van der Waals surface area contributed by atoms with Gasteiger partial charge in [-0.05, 0) is 40.2 Å². The van der Waals surface area contributed by atoms with Crippen LogP contribution in [0.25, 0.3) is 0 Å². The molecule has 0 bridgehead atoms. The number of fused-ring (bicyclic) bond motifs is 2. The lowest BCUT2D eigenvalue weighted by Gasteiger charge is -2.31. The van der Waals surface area contributed by atoms with Gasteiger partial charge in [-0.25, -0.2) is 4.99 Å². The van der Waals surface area contributed by atoms with Gasteiger partial charge < -0.3 is 15.5 Å². The minimum atomic E-state index is 0.974. The highest BCUT2D eigenvalue weighted by atomic mass is 79.9. The Morgan fingerprint density at radius 1 is 0.955 bits per heavy atom. The van der Waals surface area contributed by atoms with Crippen molar-refractivity contribution in [1.29, 1.82) is 0 Å². The van der Waals surface area contributed by atoms with Gasteiger partial charge >= 0.3 is 0 Å². The minimum Gasteiger partial charge on any atom is -0.353 e. The number of halogens is 1. The summed E-state index contributed by atoms with van der Waals surface area (Å²) in [6.45, 7) is 3.94. The molecule has 2 heterocycles. The van der Waals surface area contributed by atoms with Crippen LogP contribution in [0.5, 0.6) is 0 Å². The van der Waals surface area contributed by atoms with Crippen molar-refractivity contribution < 1.29 is 0 Å². The Morgan fingerprint density at radius 2 is 1.73 bits per heavy atom. The topological polar surface area (TPSA) is 39.7 Å². The number of aliphatic imine (C=N–C) groups is 1. The van der Waals surface area contributed by atoms with E-state index < -0.39 is 0 Å². The largest absolute Gasteiger partial charge is 0.353 e. The second-order valence-electron chi connectivity index (χ2n) is 5.48. The van der Waals surface area contributed by atoms with Gasteiger partial charge in [0.15, 0.2) is 0 Å². The third kappa shape index (κ3) is 2.40. The molecule has 0 aromatic heterocycles. The van der Waals surface area contributed by atoms with Crippen LogP contribution in [0.4, 0.5) is 17.1 Å². The Balaban J connectivity index is 1.91. The zero-order chi connectivity index (χ0) is 14.9. The first-order valence-corrected chi connectivity index (χ1v) is 8.31. The van der Waals surface area contributed by atoms with Crippen molar-refractivity contribution in [1.82, 2.24) is 10.2 Å². The van der Waals surface area contributed by atoms with Crippen LogP contribution in [0.3, 0.4) is 0 Å². The predicted molar refractivity (Wildman–Crippen MR) is 94.5 cm³/mol. The Labute approximate surface area is 138 Å². The summed E-state index contributed by atoms with van der Waals surface area (Å²) in [6.07, 6.45) is 0. The number of anilines is 2. The summed E-state index contributed by atoms with van der Waals surface area (Å²) in [6, 6.07) is 14.4. The summed E-state index contributed by atoms with van der Waals surface area (Å²) in [5.41, 5.74) is 4.27. The molecule has 2 aromatic rings. The highest BCUT2D eigenvalue weighted by molar-refractivity contribution is 9.10. The van der Waals surface area contributed by atoms with Crippen LogP contribution < -0.4 is 10.6 Å². The highest BCUT2D eigenvalue weighted by Gasteiger charge is 2.24. The molecule has 0 saturated carbocycles. The smallest absolute Gasteiger partial charge is 0.139 e. The molecule has 0 aliphatic carbocycles. The fourth-order valence-corrected chi connectivity index (χ4v) is 3.50. The van der Waals surface area contributed by atoms with Gasteiger partial charge in [-0.2, -0.15) is 0 Å².